The van der Waals surface area contributed by atoms with Crippen LogP contribution in [0.5, 0.6) is 0 Å². The second-order valence-corrected chi connectivity index (χ2v) is 7.71. The van der Waals surface area contributed by atoms with Gasteiger partial charge in [0, 0.05) is 28.8 Å². The van der Waals surface area contributed by atoms with Gasteiger partial charge in [0.25, 0.3) is 5.91 Å². The number of nitrogens with one attached hydrogen (secondary N) is 1. The van der Waals surface area contributed by atoms with Crippen LogP contribution in [0.3, 0.4) is 0 Å². The van der Waals surface area contributed by atoms with E-state index < -0.39 is 5.97 Å². The lowest BCUT2D eigenvalue weighted by Gasteiger charge is -2.09. The molecular weight excluding hydrogens is 434 g/mol. The van der Waals surface area contributed by atoms with Crippen LogP contribution in [-0.2, 0) is 4.74 Å². The summed E-state index contributed by atoms with van der Waals surface area (Å²) in [6.45, 7) is 5.80. The molecule has 10 nitrogen and oxygen atoms in total. The number of aryl methyl sites for hydroxylation is 2. The number of hydrogen-bond donors (Lipinski definition) is 1. The molecular formula is C24H21N7O3. The Labute approximate surface area is 194 Å². The van der Waals surface area contributed by atoms with Gasteiger partial charge in [-0.2, -0.15) is 10.2 Å². The molecule has 0 aliphatic heterocycles. The molecule has 0 fully saturated rings. The molecule has 0 saturated heterocycles. The van der Waals surface area contributed by atoms with E-state index in [2.05, 4.69) is 25.5 Å². The molecule has 4 aromatic heterocycles. The van der Waals surface area contributed by atoms with Crippen molar-refractivity contribution in [1.29, 1.82) is 0 Å². The predicted octanol–water partition coefficient (Wildman–Crippen LogP) is 3.48. The Morgan fingerprint density at radius 3 is 2.62 bits per heavy atom. The van der Waals surface area contributed by atoms with Crippen molar-refractivity contribution in [3.8, 4) is 11.3 Å². The first-order valence-electron chi connectivity index (χ1n) is 10.7. The second kappa shape index (κ2) is 8.39. The van der Waals surface area contributed by atoms with Gasteiger partial charge in [-0.1, -0.05) is 12.1 Å². The number of hydrogen-bond acceptors (Lipinski definition) is 7. The van der Waals surface area contributed by atoms with Crippen LogP contribution in [0.1, 0.15) is 39.0 Å². The van der Waals surface area contributed by atoms with E-state index in [0.29, 0.717) is 33.8 Å². The molecule has 1 aromatic carbocycles. The molecule has 0 bridgehead atoms. The molecule has 10 heteroatoms. The van der Waals surface area contributed by atoms with Crippen LogP contribution in [0.2, 0.25) is 0 Å². The summed E-state index contributed by atoms with van der Waals surface area (Å²) in [6.07, 6.45) is 4.56. The van der Waals surface area contributed by atoms with E-state index in [-0.39, 0.29) is 12.5 Å². The van der Waals surface area contributed by atoms with Gasteiger partial charge in [-0.25, -0.2) is 23.8 Å². The van der Waals surface area contributed by atoms with Crippen LogP contribution in [0.25, 0.3) is 22.6 Å². The number of esters is 1. The highest BCUT2D eigenvalue weighted by Crippen LogP contribution is 2.25. The fourth-order valence-electron chi connectivity index (χ4n) is 3.85. The van der Waals surface area contributed by atoms with E-state index in [1.54, 1.807) is 34.3 Å². The smallest absolute Gasteiger partial charge is 0.343 e. The van der Waals surface area contributed by atoms with Crippen LogP contribution >= 0.6 is 0 Å². The summed E-state index contributed by atoms with van der Waals surface area (Å²) in [5.41, 5.74) is 5.37. The van der Waals surface area contributed by atoms with Crippen molar-refractivity contribution in [2.24, 2.45) is 0 Å². The monoisotopic (exact) mass is 455 g/mol. The molecule has 0 aliphatic carbocycles. The number of aromatic nitrogens is 6. The van der Waals surface area contributed by atoms with Gasteiger partial charge in [0.1, 0.15) is 11.1 Å². The summed E-state index contributed by atoms with van der Waals surface area (Å²) < 4.78 is 8.31. The Bertz CT molecular complexity index is 1570. The first kappa shape index (κ1) is 21.3. The molecule has 0 unspecified atom stereocenters. The number of fused-ring (bicyclic) bond motifs is 2. The summed E-state index contributed by atoms with van der Waals surface area (Å²) in [7, 11) is 0. The molecule has 0 aliphatic rings. The molecule has 0 atom stereocenters. The fraction of sp³-hybridized carbons (Fsp3) is 0.167. The van der Waals surface area contributed by atoms with E-state index in [1.807, 2.05) is 38.1 Å². The zero-order valence-electron chi connectivity index (χ0n) is 18.8. The van der Waals surface area contributed by atoms with Crippen molar-refractivity contribution >= 4 is 28.9 Å². The maximum Gasteiger partial charge on any atom is 0.343 e. The Hall–Kier alpha value is -4.60. The normalized spacial score (nSPS) is 11.1. The van der Waals surface area contributed by atoms with Gasteiger partial charge < -0.3 is 10.1 Å². The molecule has 0 saturated carbocycles. The first-order valence-corrected chi connectivity index (χ1v) is 10.7. The standard InChI is InChI=1S/C24H21N7O3/c1-4-34-24(33)19-13-27-31-20(8-9-25-21(19)31)16-6-5-7-17(11-16)29-23(32)18-12-26-30-15(3)10-14(2)28-22(18)30/h5-13H,4H2,1-3H3,(H,29,32). The highest BCUT2D eigenvalue weighted by molar-refractivity contribution is 6.08. The lowest BCUT2D eigenvalue weighted by molar-refractivity contribution is 0.0528. The maximum atomic E-state index is 13.0. The van der Waals surface area contributed by atoms with Crippen LogP contribution < -0.4 is 5.32 Å². The molecule has 0 spiro atoms. The van der Waals surface area contributed by atoms with E-state index in [9.17, 15) is 9.59 Å². The molecule has 170 valence electrons. The molecule has 34 heavy (non-hydrogen) atoms. The topological polar surface area (TPSA) is 116 Å². The van der Waals surface area contributed by atoms with Gasteiger partial charge in [-0.05, 0) is 45.0 Å². The summed E-state index contributed by atoms with van der Waals surface area (Å²) in [5, 5.41) is 11.5. The fourth-order valence-corrected chi connectivity index (χ4v) is 3.85. The van der Waals surface area contributed by atoms with Crippen molar-refractivity contribution in [2.75, 3.05) is 11.9 Å². The van der Waals surface area contributed by atoms with Gasteiger partial charge in [0.15, 0.2) is 11.3 Å². The van der Waals surface area contributed by atoms with E-state index in [0.717, 1.165) is 17.0 Å². The minimum absolute atomic E-state index is 0.263. The van der Waals surface area contributed by atoms with Crippen molar-refractivity contribution in [3.63, 3.8) is 0 Å². The maximum absolute atomic E-state index is 13.0. The van der Waals surface area contributed by atoms with Crippen LogP contribution in [0.15, 0.2) is 55.0 Å². The van der Waals surface area contributed by atoms with E-state index >= 15 is 0 Å². The lowest BCUT2D eigenvalue weighted by atomic mass is 10.1. The van der Waals surface area contributed by atoms with Crippen LogP contribution in [-0.4, -0.2) is 47.7 Å². The quantitative estimate of drug-likeness (QED) is 0.403. The van der Waals surface area contributed by atoms with Gasteiger partial charge in [0.05, 0.1) is 24.7 Å². The number of ether oxygens (including phenoxy) is 1. The summed E-state index contributed by atoms with van der Waals surface area (Å²) in [6, 6.07) is 11.0. The summed E-state index contributed by atoms with van der Waals surface area (Å²) >= 11 is 0. The Kier molecular flexibility index (Phi) is 5.25. The van der Waals surface area contributed by atoms with E-state index in [4.69, 9.17) is 4.74 Å². The molecule has 1 N–H and O–H groups in total. The van der Waals surface area contributed by atoms with Crippen molar-refractivity contribution in [3.05, 3.63) is 77.5 Å². The van der Waals surface area contributed by atoms with Crippen molar-refractivity contribution in [1.82, 2.24) is 29.2 Å². The highest BCUT2D eigenvalue weighted by atomic mass is 16.5. The lowest BCUT2D eigenvalue weighted by Crippen LogP contribution is -2.12. The van der Waals surface area contributed by atoms with Gasteiger partial charge in [0.2, 0.25) is 0 Å². The van der Waals surface area contributed by atoms with Crippen LogP contribution in [0.4, 0.5) is 5.69 Å². The third-order valence-electron chi connectivity index (χ3n) is 5.34. The summed E-state index contributed by atoms with van der Waals surface area (Å²) in [5.74, 6) is -0.788. The first-order chi connectivity index (χ1) is 16.5. The number of anilines is 1. The second-order valence-electron chi connectivity index (χ2n) is 7.71. The van der Waals surface area contributed by atoms with Gasteiger partial charge >= 0.3 is 5.97 Å². The Morgan fingerprint density at radius 1 is 1.00 bits per heavy atom. The number of carbonyl (C=O) groups excluding carboxylic acids is 2. The molecule has 5 aromatic rings. The molecule has 4 heterocycles. The average molecular weight is 455 g/mol. The van der Waals surface area contributed by atoms with Gasteiger partial charge in [-0.15, -0.1) is 0 Å². The van der Waals surface area contributed by atoms with E-state index in [1.165, 1.54) is 12.4 Å². The predicted molar refractivity (Wildman–Crippen MR) is 125 cm³/mol. The molecule has 1 amide bonds. The van der Waals surface area contributed by atoms with Crippen LogP contribution in [0, 0.1) is 13.8 Å². The third kappa shape index (κ3) is 3.64. The number of nitrogens with zero attached hydrogens (tertiary/aromatic N) is 6. The minimum atomic E-state index is -0.476. The SMILES string of the molecule is CCOC(=O)c1cnn2c(-c3cccc(NC(=O)c4cnn5c(C)cc(C)nc45)c3)ccnc12. The number of amides is 1. The average Bonchev–Trinajstić information content (AvgIpc) is 3.44. The Balaban J connectivity index is 1.48. The van der Waals surface area contributed by atoms with Gasteiger partial charge in [-0.3, -0.25) is 4.79 Å². The zero-order valence-corrected chi connectivity index (χ0v) is 18.8. The van der Waals surface area contributed by atoms with Crippen molar-refractivity contribution in [2.45, 2.75) is 20.8 Å². The molecule has 5 rings (SSSR count). The summed E-state index contributed by atoms with van der Waals surface area (Å²) in [4.78, 5) is 34.0. The highest BCUT2D eigenvalue weighted by Gasteiger charge is 2.18. The number of benzene rings is 1. The Morgan fingerprint density at radius 2 is 1.79 bits per heavy atom. The zero-order chi connectivity index (χ0) is 23.8. The minimum Gasteiger partial charge on any atom is -0.462 e. The largest absolute Gasteiger partial charge is 0.462 e. The third-order valence-corrected chi connectivity index (χ3v) is 5.34. The van der Waals surface area contributed by atoms with Crippen molar-refractivity contribution < 1.29 is 14.3 Å². The number of carbonyl (C=O) groups is 2. The molecule has 0 radical (unpaired) electrons. The number of rotatable bonds is 5.